The van der Waals surface area contributed by atoms with Crippen molar-refractivity contribution in [2.45, 2.75) is 46.5 Å². The van der Waals surface area contributed by atoms with Gasteiger partial charge in [-0.05, 0) is 71.7 Å². The first-order valence-corrected chi connectivity index (χ1v) is 11.4. The Balaban J connectivity index is 1.51. The fourth-order valence-corrected chi connectivity index (χ4v) is 4.07. The summed E-state index contributed by atoms with van der Waals surface area (Å²) in [6, 6.07) is 28.8. The van der Waals surface area contributed by atoms with Crippen molar-refractivity contribution in [3.05, 3.63) is 102 Å². The van der Waals surface area contributed by atoms with E-state index in [2.05, 4.69) is 105 Å². The molecular formula is C30H31N. The molecule has 0 aliphatic carbocycles. The van der Waals surface area contributed by atoms with E-state index in [1.165, 1.54) is 64.6 Å². The smallest absolute Gasteiger partial charge is 0.0702 e. The minimum atomic E-state index is 1.02. The van der Waals surface area contributed by atoms with Crippen LogP contribution in [0.2, 0.25) is 0 Å². The Morgan fingerprint density at radius 1 is 0.645 bits per heavy atom. The maximum Gasteiger partial charge on any atom is 0.0702 e. The van der Waals surface area contributed by atoms with Crippen molar-refractivity contribution in [1.82, 2.24) is 4.98 Å². The molecular weight excluding hydrogens is 374 g/mol. The van der Waals surface area contributed by atoms with Crippen molar-refractivity contribution >= 4 is 0 Å². The molecule has 4 aromatic rings. The molecule has 0 unspecified atom stereocenters. The van der Waals surface area contributed by atoms with Gasteiger partial charge in [0.15, 0.2) is 0 Å². The second-order valence-electron chi connectivity index (χ2n) is 8.48. The van der Waals surface area contributed by atoms with E-state index in [9.17, 15) is 0 Å². The Labute approximate surface area is 186 Å². The molecule has 0 aliphatic heterocycles. The fourth-order valence-electron chi connectivity index (χ4n) is 4.07. The molecule has 3 aromatic carbocycles. The van der Waals surface area contributed by atoms with E-state index >= 15 is 0 Å². The van der Waals surface area contributed by atoms with Crippen LogP contribution in [0.1, 0.15) is 42.9 Å². The summed E-state index contributed by atoms with van der Waals surface area (Å²) in [5.74, 6) is 0. The van der Waals surface area contributed by atoms with Crippen LogP contribution in [-0.4, -0.2) is 4.98 Å². The number of aromatic nitrogens is 1. The zero-order valence-corrected chi connectivity index (χ0v) is 18.9. The topological polar surface area (TPSA) is 12.9 Å². The third-order valence-electron chi connectivity index (χ3n) is 5.99. The van der Waals surface area contributed by atoms with Crippen LogP contribution < -0.4 is 0 Å². The van der Waals surface area contributed by atoms with Crippen LogP contribution in [0.15, 0.2) is 85.1 Å². The summed E-state index contributed by atoms with van der Waals surface area (Å²) in [7, 11) is 0. The average Bonchev–Trinajstić information content (AvgIpc) is 2.80. The van der Waals surface area contributed by atoms with Crippen LogP contribution in [0, 0.1) is 13.8 Å². The standard InChI is InChI=1S/C30H31N/c1-4-5-6-7-24-9-11-25(12-10-24)28-17-18-29(23(3)20-28)26-13-15-27(16-14-26)30-19-8-22(2)21-31-30/h8-21H,4-7H2,1-3H3. The van der Waals surface area contributed by atoms with Crippen LogP contribution in [0.25, 0.3) is 33.5 Å². The summed E-state index contributed by atoms with van der Waals surface area (Å²) >= 11 is 0. The highest BCUT2D eigenvalue weighted by Gasteiger charge is 2.06. The zero-order valence-electron chi connectivity index (χ0n) is 18.9. The Hall–Kier alpha value is -3.19. The predicted octanol–water partition coefficient (Wildman–Crippen LogP) is 8.43. The van der Waals surface area contributed by atoms with Gasteiger partial charge in [-0.2, -0.15) is 0 Å². The maximum atomic E-state index is 4.54. The molecule has 0 fully saturated rings. The SMILES string of the molecule is CCCCCc1ccc(-c2ccc(-c3ccc(-c4ccc(C)cn4)cc3)c(C)c2)cc1. The predicted molar refractivity (Wildman–Crippen MR) is 133 cm³/mol. The average molecular weight is 406 g/mol. The van der Waals surface area contributed by atoms with E-state index in [1.54, 1.807) is 0 Å². The van der Waals surface area contributed by atoms with Gasteiger partial charge in [0, 0.05) is 11.8 Å². The monoisotopic (exact) mass is 405 g/mol. The van der Waals surface area contributed by atoms with Crippen molar-refractivity contribution in [3.63, 3.8) is 0 Å². The summed E-state index contributed by atoms with van der Waals surface area (Å²) in [6.45, 7) is 6.52. The van der Waals surface area contributed by atoms with Crippen LogP contribution in [-0.2, 0) is 6.42 Å². The lowest BCUT2D eigenvalue weighted by Crippen LogP contribution is -1.88. The van der Waals surface area contributed by atoms with E-state index in [1.807, 2.05) is 6.20 Å². The lowest BCUT2D eigenvalue weighted by molar-refractivity contribution is 0.717. The van der Waals surface area contributed by atoms with Gasteiger partial charge < -0.3 is 0 Å². The lowest BCUT2D eigenvalue weighted by atomic mass is 9.94. The van der Waals surface area contributed by atoms with Crippen molar-refractivity contribution in [2.24, 2.45) is 0 Å². The van der Waals surface area contributed by atoms with Crippen LogP contribution in [0.4, 0.5) is 0 Å². The number of nitrogens with zero attached hydrogens (tertiary/aromatic N) is 1. The van der Waals surface area contributed by atoms with Crippen molar-refractivity contribution in [1.29, 1.82) is 0 Å². The molecule has 31 heavy (non-hydrogen) atoms. The molecule has 0 radical (unpaired) electrons. The van der Waals surface area contributed by atoms with Crippen LogP contribution in [0.3, 0.4) is 0 Å². The molecule has 0 amide bonds. The number of aryl methyl sites for hydroxylation is 3. The minimum Gasteiger partial charge on any atom is -0.256 e. The van der Waals surface area contributed by atoms with Crippen molar-refractivity contribution < 1.29 is 0 Å². The largest absolute Gasteiger partial charge is 0.256 e. The second kappa shape index (κ2) is 9.75. The van der Waals surface area contributed by atoms with E-state index in [0.29, 0.717) is 0 Å². The van der Waals surface area contributed by atoms with E-state index in [4.69, 9.17) is 0 Å². The van der Waals surface area contributed by atoms with E-state index in [0.717, 1.165) is 11.3 Å². The Morgan fingerprint density at radius 3 is 1.97 bits per heavy atom. The summed E-state index contributed by atoms with van der Waals surface area (Å²) in [5.41, 5.74) is 11.2. The molecule has 4 rings (SSSR count). The molecule has 0 N–H and O–H groups in total. The van der Waals surface area contributed by atoms with Gasteiger partial charge in [0.05, 0.1) is 5.69 Å². The molecule has 1 heterocycles. The maximum absolute atomic E-state index is 4.54. The molecule has 1 heteroatoms. The quantitative estimate of drug-likeness (QED) is 0.281. The number of benzene rings is 3. The molecule has 156 valence electrons. The van der Waals surface area contributed by atoms with E-state index in [-0.39, 0.29) is 0 Å². The number of hydrogen-bond donors (Lipinski definition) is 0. The molecule has 0 bridgehead atoms. The van der Waals surface area contributed by atoms with Gasteiger partial charge in [-0.25, -0.2) is 0 Å². The molecule has 0 atom stereocenters. The fraction of sp³-hybridized carbons (Fsp3) is 0.233. The third-order valence-corrected chi connectivity index (χ3v) is 5.99. The van der Waals surface area contributed by atoms with Crippen molar-refractivity contribution in [3.8, 4) is 33.5 Å². The minimum absolute atomic E-state index is 1.02. The molecule has 0 aliphatic rings. The molecule has 1 aromatic heterocycles. The van der Waals surface area contributed by atoms with Gasteiger partial charge in [0.2, 0.25) is 0 Å². The Kier molecular flexibility index (Phi) is 6.62. The normalized spacial score (nSPS) is 10.9. The number of pyridine rings is 1. The van der Waals surface area contributed by atoms with Gasteiger partial charge in [0.1, 0.15) is 0 Å². The molecule has 0 spiro atoms. The Bertz CT molecular complexity index is 1120. The molecule has 1 nitrogen and oxygen atoms in total. The summed E-state index contributed by atoms with van der Waals surface area (Å²) in [4.78, 5) is 4.54. The molecule has 0 saturated heterocycles. The van der Waals surface area contributed by atoms with Crippen molar-refractivity contribution in [2.75, 3.05) is 0 Å². The molecule has 0 saturated carbocycles. The number of unbranched alkanes of at least 4 members (excludes halogenated alkanes) is 2. The van der Waals surface area contributed by atoms with Gasteiger partial charge >= 0.3 is 0 Å². The first-order valence-electron chi connectivity index (χ1n) is 11.4. The highest BCUT2D eigenvalue weighted by atomic mass is 14.7. The summed E-state index contributed by atoms with van der Waals surface area (Å²) in [5, 5.41) is 0. The summed E-state index contributed by atoms with van der Waals surface area (Å²) < 4.78 is 0. The lowest BCUT2D eigenvalue weighted by Gasteiger charge is -2.11. The van der Waals surface area contributed by atoms with Gasteiger partial charge in [-0.1, -0.05) is 92.6 Å². The Morgan fingerprint density at radius 2 is 1.32 bits per heavy atom. The van der Waals surface area contributed by atoms with E-state index < -0.39 is 0 Å². The van der Waals surface area contributed by atoms with Crippen LogP contribution in [0.5, 0.6) is 0 Å². The highest BCUT2D eigenvalue weighted by Crippen LogP contribution is 2.30. The van der Waals surface area contributed by atoms with Gasteiger partial charge in [0.25, 0.3) is 0 Å². The number of rotatable bonds is 7. The summed E-state index contributed by atoms with van der Waals surface area (Å²) in [6.07, 6.45) is 6.96. The third kappa shape index (κ3) is 5.11. The number of hydrogen-bond acceptors (Lipinski definition) is 1. The van der Waals surface area contributed by atoms with Crippen LogP contribution >= 0.6 is 0 Å². The first kappa shape index (κ1) is 21.1. The van der Waals surface area contributed by atoms with Gasteiger partial charge in [-0.3, -0.25) is 4.98 Å². The zero-order chi connectivity index (χ0) is 21.6. The van der Waals surface area contributed by atoms with Gasteiger partial charge in [-0.15, -0.1) is 0 Å². The second-order valence-corrected chi connectivity index (χ2v) is 8.48. The highest BCUT2D eigenvalue weighted by molar-refractivity contribution is 5.75. The first-order chi connectivity index (χ1) is 15.1.